The van der Waals surface area contributed by atoms with E-state index in [1.807, 2.05) is 30.3 Å². The maximum Gasteiger partial charge on any atom is 0.0850 e. The lowest BCUT2D eigenvalue weighted by Crippen LogP contribution is -2.29. The molecule has 3 heteroatoms. The van der Waals surface area contributed by atoms with Crippen LogP contribution in [0.2, 0.25) is 5.02 Å². The highest BCUT2D eigenvalue weighted by atomic mass is 35.5. The maximum absolute atomic E-state index is 10.0. The molecule has 0 bridgehead atoms. The number of benzene rings is 2. The first-order valence-electron chi connectivity index (χ1n) is 9.04. The van der Waals surface area contributed by atoms with E-state index >= 15 is 0 Å². The van der Waals surface area contributed by atoms with Crippen molar-refractivity contribution < 1.29 is 0 Å². The molecule has 0 spiro atoms. The molecule has 1 atom stereocenters. The van der Waals surface area contributed by atoms with Gasteiger partial charge in [-0.3, -0.25) is 0 Å². The van der Waals surface area contributed by atoms with Crippen LogP contribution in [0, 0.1) is 17.2 Å². The summed E-state index contributed by atoms with van der Waals surface area (Å²) < 4.78 is 0. The molecule has 0 radical (unpaired) electrons. The smallest absolute Gasteiger partial charge is 0.0850 e. The largest absolute Gasteiger partial charge is 0.302 e. The highest BCUT2D eigenvalue weighted by Gasteiger charge is 2.46. The third-order valence-corrected chi connectivity index (χ3v) is 5.49. The van der Waals surface area contributed by atoms with Gasteiger partial charge in [0.05, 0.1) is 11.5 Å². The van der Waals surface area contributed by atoms with Gasteiger partial charge in [-0.1, -0.05) is 54.1 Å². The van der Waals surface area contributed by atoms with Crippen LogP contribution in [0.15, 0.2) is 54.6 Å². The van der Waals surface area contributed by atoms with Gasteiger partial charge in [0.25, 0.3) is 0 Å². The standard InChI is InChI=1S/C22H25ClN2/c1-25(16-18-6-3-2-4-7-18)15-5-14-22(17-24,19-8-9-19)20-10-12-21(23)13-11-20/h2-4,6-7,10-13,19H,5,8-9,14-16H2,1H3. The highest BCUT2D eigenvalue weighted by molar-refractivity contribution is 6.30. The molecule has 1 fully saturated rings. The zero-order valence-corrected chi connectivity index (χ0v) is 15.5. The van der Waals surface area contributed by atoms with E-state index in [1.165, 1.54) is 5.56 Å². The van der Waals surface area contributed by atoms with Crippen LogP contribution < -0.4 is 0 Å². The summed E-state index contributed by atoms with van der Waals surface area (Å²) in [5, 5.41) is 10.7. The van der Waals surface area contributed by atoms with Gasteiger partial charge in [0.15, 0.2) is 0 Å². The number of halogens is 1. The van der Waals surface area contributed by atoms with E-state index < -0.39 is 0 Å². The molecule has 1 aliphatic rings. The molecular formula is C22H25ClN2. The van der Waals surface area contributed by atoms with Crippen molar-refractivity contribution in [3.05, 3.63) is 70.7 Å². The molecule has 1 saturated carbocycles. The summed E-state index contributed by atoms with van der Waals surface area (Å²) in [7, 11) is 2.15. The fraction of sp³-hybridized carbons (Fsp3) is 0.409. The van der Waals surface area contributed by atoms with E-state index in [2.05, 4.69) is 42.3 Å². The van der Waals surface area contributed by atoms with Gasteiger partial charge in [-0.25, -0.2) is 0 Å². The summed E-state index contributed by atoms with van der Waals surface area (Å²) in [6.07, 6.45) is 4.26. The lowest BCUT2D eigenvalue weighted by Gasteiger charge is -2.28. The molecule has 130 valence electrons. The molecule has 2 aromatic carbocycles. The zero-order valence-electron chi connectivity index (χ0n) is 14.8. The number of nitriles is 1. The SMILES string of the molecule is CN(CCCC(C#N)(c1ccc(Cl)cc1)C1CC1)Cc1ccccc1. The van der Waals surface area contributed by atoms with Gasteiger partial charge in [0.1, 0.15) is 0 Å². The highest BCUT2D eigenvalue weighted by Crippen LogP contribution is 2.50. The second-order valence-electron chi connectivity index (χ2n) is 7.19. The van der Waals surface area contributed by atoms with Crippen molar-refractivity contribution in [2.24, 2.45) is 5.92 Å². The molecule has 3 rings (SSSR count). The summed E-state index contributed by atoms with van der Waals surface area (Å²) in [6.45, 7) is 1.95. The van der Waals surface area contributed by atoms with Gasteiger partial charge in [-0.2, -0.15) is 5.26 Å². The molecule has 25 heavy (non-hydrogen) atoms. The third-order valence-electron chi connectivity index (χ3n) is 5.24. The van der Waals surface area contributed by atoms with Gasteiger partial charge in [-0.15, -0.1) is 0 Å². The van der Waals surface area contributed by atoms with E-state index in [4.69, 9.17) is 11.6 Å². The quantitative estimate of drug-likeness (QED) is 0.634. The third kappa shape index (κ3) is 4.42. The van der Waals surface area contributed by atoms with Gasteiger partial charge in [0.2, 0.25) is 0 Å². The minimum atomic E-state index is -0.349. The fourth-order valence-corrected chi connectivity index (χ4v) is 3.85. The van der Waals surface area contributed by atoms with Crippen LogP contribution in [0.4, 0.5) is 0 Å². The van der Waals surface area contributed by atoms with Crippen molar-refractivity contribution in [1.29, 1.82) is 5.26 Å². The molecule has 0 N–H and O–H groups in total. The molecule has 2 nitrogen and oxygen atoms in total. The lowest BCUT2D eigenvalue weighted by molar-refractivity contribution is 0.299. The van der Waals surface area contributed by atoms with E-state index in [0.29, 0.717) is 5.92 Å². The van der Waals surface area contributed by atoms with Crippen molar-refractivity contribution in [3.63, 3.8) is 0 Å². The number of nitrogens with zero attached hydrogens (tertiary/aromatic N) is 2. The zero-order chi connectivity index (χ0) is 17.7. The molecule has 1 aliphatic carbocycles. The van der Waals surface area contributed by atoms with E-state index in [-0.39, 0.29) is 5.41 Å². The maximum atomic E-state index is 10.0. The molecule has 0 amide bonds. The molecule has 0 aromatic heterocycles. The van der Waals surface area contributed by atoms with Crippen molar-refractivity contribution in [1.82, 2.24) is 4.90 Å². The second kappa shape index (κ2) is 8.04. The van der Waals surface area contributed by atoms with E-state index in [0.717, 1.165) is 49.4 Å². The van der Waals surface area contributed by atoms with Crippen LogP contribution in [0.3, 0.4) is 0 Å². The van der Waals surface area contributed by atoms with Crippen molar-refractivity contribution in [3.8, 4) is 6.07 Å². The Hall–Kier alpha value is -1.82. The Bertz CT molecular complexity index is 716. The van der Waals surface area contributed by atoms with Crippen LogP contribution in [0.25, 0.3) is 0 Å². The average molecular weight is 353 g/mol. The van der Waals surface area contributed by atoms with Crippen LogP contribution in [0.1, 0.15) is 36.8 Å². The molecule has 0 aliphatic heterocycles. The Morgan fingerprint density at radius 2 is 1.80 bits per heavy atom. The molecule has 2 aromatic rings. The fourth-order valence-electron chi connectivity index (χ4n) is 3.72. The topological polar surface area (TPSA) is 27.0 Å². The van der Waals surface area contributed by atoms with Crippen LogP contribution >= 0.6 is 11.6 Å². The minimum Gasteiger partial charge on any atom is -0.302 e. The molecule has 0 saturated heterocycles. The average Bonchev–Trinajstić information content (AvgIpc) is 3.46. The van der Waals surface area contributed by atoms with E-state index in [9.17, 15) is 5.26 Å². The first-order chi connectivity index (χ1) is 12.1. The summed E-state index contributed by atoms with van der Waals surface area (Å²) in [4.78, 5) is 2.34. The Kier molecular flexibility index (Phi) is 5.78. The predicted octanol–water partition coefficient (Wildman–Crippen LogP) is 5.42. The molecule has 1 unspecified atom stereocenters. The van der Waals surface area contributed by atoms with Gasteiger partial charge in [0, 0.05) is 11.6 Å². The lowest BCUT2D eigenvalue weighted by atomic mass is 9.74. The molecule has 0 heterocycles. The van der Waals surface area contributed by atoms with Gasteiger partial charge in [-0.05, 0) is 68.5 Å². The number of hydrogen-bond acceptors (Lipinski definition) is 2. The van der Waals surface area contributed by atoms with Crippen molar-refractivity contribution in [2.45, 2.75) is 37.6 Å². The van der Waals surface area contributed by atoms with Crippen LogP contribution in [-0.4, -0.2) is 18.5 Å². The normalized spacial score (nSPS) is 16.4. The summed E-state index contributed by atoms with van der Waals surface area (Å²) in [5.74, 6) is 0.498. The van der Waals surface area contributed by atoms with Gasteiger partial charge < -0.3 is 4.90 Å². The summed E-state index contributed by atoms with van der Waals surface area (Å²) >= 11 is 6.03. The molecular weight excluding hydrogens is 328 g/mol. The first-order valence-corrected chi connectivity index (χ1v) is 9.41. The predicted molar refractivity (Wildman–Crippen MR) is 103 cm³/mol. The Balaban J connectivity index is 1.62. The van der Waals surface area contributed by atoms with Crippen LogP contribution in [-0.2, 0) is 12.0 Å². The number of rotatable bonds is 8. The first kappa shape index (κ1) is 18.0. The Morgan fingerprint density at radius 3 is 2.40 bits per heavy atom. The minimum absolute atomic E-state index is 0.349. The summed E-state index contributed by atoms with van der Waals surface area (Å²) in [6, 6.07) is 21.1. The van der Waals surface area contributed by atoms with E-state index in [1.54, 1.807) is 0 Å². The second-order valence-corrected chi connectivity index (χ2v) is 7.63. The number of hydrogen-bond donors (Lipinski definition) is 0. The Labute approximate surface area is 156 Å². The van der Waals surface area contributed by atoms with Crippen molar-refractivity contribution >= 4 is 11.6 Å². The van der Waals surface area contributed by atoms with Crippen LogP contribution in [0.5, 0.6) is 0 Å². The monoisotopic (exact) mass is 352 g/mol. The summed E-state index contributed by atoms with van der Waals surface area (Å²) in [5.41, 5.74) is 2.11. The van der Waals surface area contributed by atoms with Crippen molar-refractivity contribution in [2.75, 3.05) is 13.6 Å². The van der Waals surface area contributed by atoms with Gasteiger partial charge >= 0.3 is 0 Å². The Morgan fingerprint density at radius 1 is 1.12 bits per heavy atom.